The monoisotopic (exact) mass is 352 g/mol. The van der Waals surface area contributed by atoms with Gasteiger partial charge in [0.2, 0.25) is 17.7 Å². The Hall–Kier alpha value is -2.70. The second-order valence-corrected chi connectivity index (χ2v) is 7.43. The molecule has 2 aromatic rings. The standard InChI is InChI=1S/C19H20N4O3/c24-16-7-8-17(25)22(16)11-18(26)21-9-13(10-21)23-15-4-2-1-3-14(15)20-19(23)12-5-6-12/h1-4,12-13H,5-11H2. The summed E-state index contributed by atoms with van der Waals surface area (Å²) in [7, 11) is 0. The van der Waals surface area contributed by atoms with Gasteiger partial charge in [-0.25, -0.2) is 4.98 Å². The molecule has 1 aromatic heterocycles. The summed E-state index contributed by atoms with van der Waals surface area (Å²) in [5.41, 5.74) is 2.13. The van der Waals surface area contributed by atoms with Gasteiger partial charge < -0.3 is 9.47 Å². The number of hydrogen-bond acceptors (Lipinski definition) is 4. The summed E-state index contributed by atoms with van der Waals surface area (Å²) in [4.78, 5) is 43.5. The normalized spacial score (nSPS) is 20.9. The molecule has 0 radical (unpaired) electrons. The van der Waals surface area contributed by atoms with E-state index >= 15 is 0 Å². The number of carbonyl (C=O) groups is 3. The molecule has 0 N–H and O–H groups in total. The van der Waals surface area contributed by atoms with Gasteiger partial charge in [0.15, 0.2) is 0 Å². The molecule has 2 aliphatic heterocycles. The van der Waals surface area contributed by atoms with Crippen LogP contribution in [-0.2, 0) is 14.4 Å². The Morgan fingerprint density at radius 2 is 1.77 bits per heavy atom. The lowest BCUT2D eigenvalue weighted by Crippen LogP contribution is -2.54. The summed E-state index contributed by atoms with van der Waals surface area (Å²) in [5, 5.41) is 0. The van der Waals surface area contributed by atoms with Gasteiger partial charge in [-0.2, -0.15) is 0 Å². The molecule has 1 aliphatic carbocycles. The number of nitrogens with zero attached hydrogens (tertiary/aromatic N) is 4. The topological polar surface area (TPSA) is 75.5 Å². The number of imidazole rings is 1. The molecule has 0 spiro atoms. The molecule has 3 aliphatic rings. The van der Waals surface area contributed by atoms with Gasteiger partial charge in [-0.15, -0.1) is 0 Å². The maximum Gasteiger partial charge on any atom is 0.242 e. The number of imide groups is 1. The highest BCUT2D eigenvalue weighted by Crippen LogP contribution is 2.42. The van der Waals surface area contributed by atoms with Crippen molar-refractivity contribution in [3.8, 4) is 0 Å². The fraction of sp³-hybridized carbons (Fsp3) is 0.474. The third-order valence-corrected chi connectivity index (χ3v) is 5.59. The second-order valence-electron chi connectivity index (χ2n) is 7.43. The van der Waals surface area contributed by atoms with Gasteiger partial charge in [0.05, 0.1) is 17.1 Å². The minimum Gasteiger partial charge on any atom is -0.337 e. The number of para-hydroxylation sites is 2. The van der Waals surface area contributed by atoms with Gasteiger partial charge >= 0.3 is 0 Å². The highest BCUT2D eigenvalue weighted by atomic mass is 16.2. The lowest BCUT2D eigenvalue weighted by molar-refractivity contribution is -0.148. The summed E-state index contributed by atoms with van der Waals surface area (Å²) < 4.78 is 2.29. The Kier molecular flexibility index (Phi) is 3.38. The molecule has 134 valence electrons. The van der Waals surface area contributed by atoms with Gasteiger partial charge in [-0.3, -0.25) is 19.3 Å². The first-order valence-electron chi connectivity index (χ1n) is 9.19. The van der Waals surface area contributed by atoms with Crippen molar-refractivity contribution in [1.82, 2.24) is 19.4 Å². The summed E-state index contributed by atoms with van der Waals surface area (Å²) >= 11 is 0. The van der Waals surface area contributed by atoms with Crippen molar-refractivity contribution in [3.63, 3.8) is 0 Å². The van der Waals surface area contributed by atoms with Crippen LogP contribution in [0, 0.1) is 0 Å². The highest BCUT2D eigenvalue weighted by molar-refractivity contribution is 6.04. The largest absolute Gasteiger partial charge is 0.337 e. The van der Waals surface area contributed by atoms with E-state index in [2.05, 4.69) is 10.6 Å². The molecule has 26 heavy (non-hydrogen) atoms. The summed E-state index contributed by atoms with van der Waals surface area (Å²) in [6.07, 6.45) is 2.80. The third-order valence-electron chi connectivity index (χ3n) is 5.59. The van der Waals surface area contributed by atoms with Gasteiger partial charge in [0, 0.05) is 31.8 Å². The van der Waals surface area contributed by atoms with Crippen molar-refractivity contribution in [2.75, 3.05) is 19.6 Å². The van der Waals surface area contributed by atoms with E-state index < -0.39 is 0 Å². The van der Waals surface area contributed by atoms with E-state index in [1.54, 1.807) is 4.90 Å². The minimum atomic E-state index is -0.239. The fourth-order valence-electron chi connectivity index (χ4n) is 3.93. The molecule has 7 heteroatoms. The Balaban J connectivity index is 1.32. The average molecular weight is 352 g/mol. The maximum absolute atomic E-state index is 12.4. The number of benzene rings is 1. The van der Waals surface area contributed by atoms with Gasteiger partial charge in [-0.1, -0.05) is 12.1 Å². The third kappa shape index (κ3) is 2.41. The first-order valence-corrected chi connectivity index (χ1v) is 9.19. The van der Waals surface area contributed by atoms with E-state index in [0.717, 1.165) is 21.8 Å². The van der Waals surface area contributed by atoms with Crippen LogP contribution in [0.2, 0.25) is 0 Å². The van der Waals surface area contributed by atoms with Crippen molar-refractivity contribution in [1.29, 1.82) is 0 Å². The van der Waals surface area contributed by atoms with Crippen LogP contribution in [0.5, 0.6) is 0 Å². The van der Waals surface area contributed by atoms with Crippen LogP contribution in [0.3, 0.4) is 0 Å². The van der Waals surface area contributed by atoms with E-state index in [4.69, 9.17) is 4.98 Å². The predicted molar refractivity (Wildman–Crippen MR) is 93.3 cm³/mol. The lowest BCUT2D eigenvalue weighted by Gasteiger charge is -2.41. The van der Waals surface area contributed by atoms with Gasteiger partial charge in [0.25, 0.3) is 0 Å². The zero-order valence-electron chi connectivity index (χ0n) is 14.4. The number of hydrogen-bond donors (Lipinski definition) is 0. The molecule has 3 fully saturated rings. The first kappa shape index (κ1) is 15.5. The van der Waals surface area contributed by atoms with Crippen LogP contribution in [0.15, 0.2) is 24.3 Å². The molecule has 2 saturated heterocycles. The molecule has 3 heterocycles. The van der Waals surface area contributed by atoms with Crippen LogP contribution in [0.25, 0.3) is 11.0 Å². The number of amides is 3. The van der Waals surface area contributed by atoms with Crippen LogP contribution < -0.4 is 0 Å². The Morgan fingerprint density at radius 1 is 1.08 bits per heavy atom. The molecule has 5 rings (SSSR count). The molecule has 3 amide bonds. The average Bonchev–Trinajstić information content (AvgIpc) is 3.31. The van der Waals surface area contributed by atoms with Crippen molar-refractivity contribution < 1.29 is 14.4 Å². The first-order chi connectivity index (χ1) is 12.6. The molecule has 0 bridgehead atoms. The summed E-state index contributed by atoms with van der Waals surface area (Å²) in [6.45, 7) is 1.09. The second kappa shape index (κ2) is 5.65. The smallest absolute Gasteiger partial charge is 0.242 e. The Bertz CT molecular complexity index is 908. The summed E-state index contributed by atoms with van der Waals surface area (Å²) in [5.74, 6) is 1.04. The fourth-order valence-corrected chi connectivity index (χ4v) is 3.93. The zero-order chi connectivity index (χ0) is 17.8. The number of aromatic nitrogens is 2. The quantitative estimate of drug-likeness (QED) is 0.781. The molecule has 1 aromatic carbocycles. The number of fused-ring (bicyclic) bond motifs is 1. The van der Waals surface area contributed by atoms with E-state index in [9.17, 15) is 14.4 Å². The Labute approximate surface area is 150 Å². The maximum atomic E-state index is 12.4. The summed E-state index contributed by atoms with van der Waals surface area (Å²) in [6, 6.07) is 8.34. The minimum absolute atomic E-state index is 0.120. The van der Waals surface area contributed by atoms with Crippen LogP contribution in [-0.4, -0.2) is 56.7 Å². The molecule has 0 unspecified atom stereocenters. The van der Waals surface area contributed by atoms with E-state index in [-0.39, 0.29) is 43.1 Å². The van der Waals surface area contributed by atoms with Gasteiger partial charge in [-0.05, 0) is 25.0 Å². The van der Waals surface area contributed by atoms with E-state index in [0.29, 0.717) is 19.0 Å². The molecule has 1 saturated carbocycles. The predicted octanol–water partition coefficient (Wildman–Crippen LogP) is 1.45. The number of rotatable bonds is 4. The van der Waals surface area contributed by atoms with Gasteiger partial charge in [0.1, 0.15) is 12.4 Å². The number of likely N-dealkylation sites (tertiary alicyclic amines) is 2. The van der Waals surface area contributed by atoms with Crippen molar-refractivity contribution in [2.24, 2.45) is 0 Å². The van der Waals surface area contributed by atoms with Crippen LogP contribution in [0.4, 0.5) is 0 Å². The van der Waals surface area contributed by atoms with Crippen molar-refractivity contribution in [3.05, 3.63) is 30.1 Å². The van der Waals surface area contributed by atoms with Crippen molar-refractivity contribution in [2.45, 2.75) is 37.6 Å². The Morgan fingerprint density at radius 3 is 2.46 bits per heavy atom. The molecule has 7 nitrogen and oxygen atoms in total. The number of carbonyl (C=O) groups excluding carboxylic acids is 3. The van der Waals surface area contributed by atoms with Crippen LogP contribution in [0.1, 0.15) is 43.5 Å². The van der Waals surface area contributed by atoms with E-state index in [1.165, 1.54) is 12.8 Å². The molecular formula is C19H20N4O3. The molecule has 0 atom stereocenters. The SMILES string of the molecule is O=C(CN1C(=O)CCC1=O)N1CC(n2c(C3CC3)nc3ccccc32)C1. The van der Waals surface area contributed by atoms with Crippen molar-refractivity contribution >= 4 is 28.8 Å². The van der Waals surface area contributed by atoms with Crippen LogP contribution >= 0.6 is 0 Å². The van der Waals surface area contributed by atoms with E-state index in [1.807, 2.05) is 18.2 Å². The zero-order valence-corrected chi connectivity index (χ0v) is 14.4. The lowest BCUT2D eigenvalue weighted by atomic mass is 10.1. The molecular weight excluding hydrogens is 332 g/mol. The highest BCUT2D eigenvalue weighted by Gasteiger charge is 2.39.